The first-order chi connectivity index (χ1) is 6.97. The van der Waals surface area contributed by atoms with E-state index >= 15 is 0 Å². The Labute approximate surface area is 108 Å². The lowest BCUT2D eigenvalue weighted by atomic mass is 9.90. The number of nitrogens with one attached hydrogen (secondary N) is 1. The zero-order chi connectivity index (χ0) is 11.4. The Morgan fingerprint density at radius 1 is 0.737 bits per heavy atom. The molecule has 0 radical (unpaired) electrons. The van der Waals surface area contributed by atoms with Gasteiger partial charge < -0.3 is 66.3 Å². The summed E-state index contributed by atoms with van der Waals surface area (Å²) in [5.74, 6) is -0.333. The van der Waals surface area contributed by atoms with Gasteiger partial charge in [0, 0.05) is 0 Å². The van der Waals surface area contributed by atoms with Crippen LogP contribution in [0.2, 0.25) is 0 Å². The second-order valence-corrected chi connectivity index (χ2v) is 2.33. The Morgan fingerprint density at radius 3 is 1.16 bits per heavy atom. The van der Waals surface area contributed by atoms with Crippen LogP contribution in [0.25, 0.3) is 0 Å². The molecule has 19 heavy (non-hydrogen) atoms. The van der Waals surface area contributed by atoms with Gasteiger partial charge in [-0.2, -0.15) is 0 Å². The van der Waals surface area contributed by atoms with Crippen molar-refractivity contribution in [2.45, 2.75) is 0 Å². The van der Waals surface area contributed by atoms with Gasteiger partial charge in [-0.15, -0.1) is 0 Å². The molecule has 0 aromatic carbocycles. The van der Waals surface area contributed by atoms with Gasteiger partial charge in [0.05, 0.1) is 0 Å². The molecule has 2 fully saturated rings. The van der Waals surface area contributed by atoms with Crippen LogP contribution in [0.4, 0.5) is 0 Å². The summed E-state index contributed by atoms with van der Waals surface area (Å²) in [5.41, 5.74) is 8.94. The van der Waals surface area contributed by atoms with E-state index in [1.165, 1.54) is 0 Å². The van der Waals surface area contributed by atoms with Gasteiger partial charge >= 0.3 is 29.3 Å². The van der Waals surface area contributed by atoms with Crippen LogP contribution in [0.3, 0.4) is 0 Å². The maximum atomic E-state index is 8.74. The third-order valence-electron chi connectivity index (χ3n) is 1.13. The van der Waals surface area contributed by atoms with E-state index in [1.807, 2.05) is 0 Å². The molecule has 2 aliphatic heterocycles. The monoisotopic (exact) mass is 289 g/mol. The normalized spacial score (nSPS) is 15.5. The number of hydrogen-bond donors (Lipinski definition) is 5. The van der Waals surface area contributed by atoms with Crippen LogP contribution in [0.15, 0.2) is 0 Å². The van der Waals surface area contributed by atoms with E-state index < -0.39 is 29.3 Å². The summed E-state index contributed by atoms with van der Waals surface area (Å²) in [6.07, 6.45) is 0. The van der Waals surface area contributed by atoms with Crippen LogP contribution in [-0.2, 0) is 22.9 Å². The van der Waals surface area contributed by atoms with E-state index in [9.17, 15) is 0 Å². The standard InChI is InChI=1S/CH5N3.B4H2O7.4H2O/c2-1(3)4;5-1-7-3-9-2(6)10-4(8-1)11-3;;;;/h(H5,2,3,4);5-6H;4*1H2. The maximum Gasteiger partial charge on any atom is 0.612 e. The molecular weight excluding hydrogens is 273 g/mol. The number of fused-ring (bicyclic) bond motifs is 2. The highest BCUT2D eigenvalue weighted by Gasteiger charge is 2.52. The van der Waals surface area contributed by atoms with Gasteiger partial charge in [0.1, 0.15) is 0 Å². The summed E-state index contributed by atoms with van der Waals surface area (Å²) in [7, 11) is -5.20. The second-order valence-electron chi connectivity index (χ2n) is 2.33. The Balaban J connectivity index is -0.000000127. The van der Waals surface area contributed by atoms with Crippen molar-refractivity contribution in [2.75, 3.05) is 0 Å². The van der Waals surface area contributed by atoms with Crippen molar-refractivity contribution in [1.29, 1.82) is 5.41 Å². The van der Waals surface area contributed by atoms with Gasteiger partial charge in [-0.25, -0.2) is 0 Å². The summed E-state index contributed by atoms with van der Waals surface area (Å²) in [6, 6.07) is 0. The molecule has 14 nitrogen and oxygen atoms in total. The first kappa shape index (κ1) is 26.6. The van der Waals surface area contributed by atoms with Crippen molar-refractivity contribution in [1.82, 2.24) is 0 Å². The van der Waals surface area contributed by atoms with E-state index in [4.69, 9.17) is 15.5 Å². The Hall–Kier alpha value is -0.910. The van der Waals surface area contributed by atoms with Crippen LogP contribution in [0.5, 0.6) is 0 Å². The minimum atomic E-state index is -1.45. The molecule has 2 bridgehead atoms. The lowest BCUT2D eigenvalue weighted by Gasteiger charge is -2.31. The Bertz CT molecular complexity index is 196. The van der Waals surface area contributed by atoms with Crippen LogP contribution in [-0.4, -0.2) is 67.2 Å². The fourth-order valence-corrected chi connectivity index (χ4v) is 0.728. The van der Waals surface area contributed by atoms with E-state index in [-0.39, 0.29) is 27.9 Å². The van der Waals surface area contributed by atoms with Gasteiger partial charge in [0.25, 0.3) is 0 Å². The zero-order valence-electron chi connectivity index (χ0n) is 9.40. The minimum absolute atomic E-state index is 0. The summed E-state index contributed by atoms with van der Waals surface area (Å²) >= 11 is 0. The van der Waals surface area contributed by atoms with Crippen LogP contribution < -0.4 is 11.5 Å². The molecule has 0 aliphatic carbocycles. The smallest absolute Gasteiger partial charge is 0.412 e. The molecule has 0 unspecified atom stereocenters. The minimum Gasteiger partial charge on any atom is -0.412 e. The van der Waals surface area contributed by atoms with Crippen molar-refractivity contribution in [3.63, 3.8) is 0 Å². The fraction of sp³-hybridized carbons (Fsp3) is 0. The van der Waals surface area contributed by atoms with E-state index in [0.29, 0.717) is 0 Å². The number of nitrogens with two attached hydrogens (primary N) is 2. The summed E-state index contributed by atoms with van der Waals surface area (Å²) in [6.45, 7) is 0. The number of rotatable bonds is 0. The highest BCUT2D eigenvalue weighted by atomic mass is 16.9. The van der Waals surface area contributed by atoms with Gasteiger partial charge in [-0.05, 0) is 0 Å². The lowest BCUT2D eigenvalue weighted by Crippen LogP contribution is -2.59. The molecular formula is CH15B4N3O11. The SMILES string of the molecule is N=C(N)N.O.O.O.O.OB1OB2OB(O)OB(O1)O2. The van der Waals surface area contributed by atoms with Crippen LogP contribution in [0.1, 0.15) is 0 Å². The van der Waals surface area contributed by atoms with E-state index in [2.05, 4.69) is 34.3 Å². The van der Waals surface area contributed by atoms with Gasteiger partial charge in [0.15, 0.2) is 5.96 Å². The molecule has 2 aliphatic rings. The van der Waals surface area contributed by atoms with E-state index in [0.717, 1.165) is 0 Å². The first-order valence-corrected chi connectivity index (χ1v) is 3.70. The Kier molecular flexibility index (Phi) is 17.0. The maximum absolute atomic E-state index is 8.74. The largest absolute Gasteiger partial charge is 0.612 e. The molecule has 0 aromatic rings. The van der Waals surface area contributed by atoms with Gasteiger partial charge in [-0.3, -0.25) is 5.41 Å². The highest BCUT2D eigenvalue weighted by Crippen LogP contribution is 2.14. The highest BCUT2D eigenvalue weighted by molar-refractivity contribution is 6.74. The molecule has 0 atom stereocenters. The van der Waals surface area contributed by atoms with Crippen LogP contribution >= 0.6 is 0 Å². The molecule has 0 amide bonds. The second kappa shape index (κ2) is 12.1. The summed E-state index contributed by atoms with van der Waals surface area (Å²) in [5, 5.41) is 23.5. The number of hydrogen-bond acceptors (Lipinski definition) is 8. The molecule has 0 saturated carbocycles. The van der Waals surface area contributed by atoms with Crippen molar-refractivity contribution in [3.05, 3.63) is 0 Å². The molecule has 2 rings (SSSR count). The van der Waals surface area contributed by atoms with Gasteiger partial charge in [-0.1, -0.05) is 0 Å². The predicted octanol–water partition coefficient (Wildman–Crippen LogP) is -7.44. The number of guanidine groups is 1. The lowest BCUT2D eigenvalue weighted by molar-refractivity contribution is 0.0834. The van der Waals surface area contributed by atoms with Gasteiger partial charge in [0.2, 0.25) is 0 Å². The average Bonchev–Trinajstić information content (AvgIpc) is 1.98. The third-order valence-corrected chi connectivity index (χ3v) is 1.13. The van der Waals surface area contributed by atoms with Crippen molar-refractivity contribution in [2.24, 2.45) is 11.5 Å². The van der Waals surface area contributed by atoms with Crippen molar-refractivity contribution >= 4 is 35.2 Å². The molecule has 2 heterocycles. The van der Waals surface area contributed by atoms with Crippen LogP contribution in [0, 0.1) is 5.41 Å². The Morgan fingerprint density at radius 2 is 0.947 bits per heavy atom. The summed E-state index contributed by atoms with van der Waals surface area (Å²) in [4.78, 5) is 0. The van der Waals surface area contributed by atoms with Crippen molar-refractivity contribution < 1.29 is 54.8 Å². The summed E-state index contributed by atoms with van der Waals surface area (Å²) < 4.78 is 22.6. The van der Waals surface area contributed by atoms with Crippen molar-refractivity contribution in [3.8, 4) is 0 Å². The fourth-order valence-electron chi connectivity index (χ4n) is 0.728. The first-order valence-electron chi connectivity index (χ1n) is 3.70. The zero-order valence-corrected chi connectivity index (χ0v) is 9.40. The quantitative estimate of drug-likeness (QED) is 0.160. The molecule has 0 aromatic heterocycles. The average molecular weight is 288 g/mol. The van der Waals surface area contributed by atoms with E-state index in [1.54, 1.807) is 0 Å². The molecule has 2 saturated heterocycles. The predicted molar refractivity (Wildman–Crippen MR) is 63.4 cm³/mol. The molecule has 0 spiro atoms. The molecule has 15 N–H and O–H groups in total. The molecule has 18 heteroatoms. The molecule has 112 valence electrons. The topological polar surface area (TPSA) is 288 Å². The third kappa shape index (κ3) is 10.7.